The molecule has 196 valence electrons. The lowest BCUT2D eigenvalue weighted by Gasteiger charge is -2.11. The van der Waals surface area contributed by atoms with Gasteiger partial charge in [0.2, 0.25) is 0 Å². The van der Waals surface area contributed by atoms with Gasteiger partial charge >= 0.3 is 26.3 Å². The third kappa shape index (κ3) is 6.81. The Morgan fingerprint density at radius 3 is 1.37 bits per heavy atom. The van der Waals surface area contributed by atoms with Crippen LogP contribution in [0.4, 0.5) is 16.2 Å². The normalized spacial score (nSPS) is 11.3. The maximum absolute atomic E-state index is 12.5. The summed E-state index contributed by atoms with van der Waals surface area (Å²) < 4.78 is 64.8. The lowest BCUT2D eigenvalue weighted by molar-refractivity contribution is 0.262. The molecular weight excluding hydrogens is 532 g/mol. The average Bonchev–Trinajstić information content (AvgIpc) is 2.91. The van der Waals surface area contributed by atoms with Crippen molar-refractivity contribution in [2.45, 2.75) is 9.79 Å². The van der Waals surface area contributed by atoms with Gasteiger partial charge in [-0.25, -0.2) is 4.79 Å². The van der Waals surface area contributed by atoms with Crippen LogP contribution in [0.5, 0.6) is 17.2 Å². The molecule has 0 heterocycles. The second-order valence-electron chi connectivity index (χ2n) is 7.69. The predicted octanol–water partition coefficient (Wildman–Crippen LogP) is 4.87. The molecule has 0 saturated carbocycles. The number of carbonyl (C=O) groups excluding carboxylic acids is 1. The van der Waals surface area contributed by atoms with Crippen molar-refractivity contribution in [3.05, 3.63) is 103 Å². The smallest absolute Gasteiger partial charge is 0.339 e. The molecule has 0 bridgehead atoms. The minimum absolute atomic E-state index is 0.0244. The van der Waals surface area contributed by atoms with Crippen molar-refractivity contribution in [2.24, 2.45) is 0 Å². The monoisotopic (exact) mass is 554 g/mol. The molecule has 0 radical (unpaired) electrons. The van der Waals surface area contributed by atoms with Gasteiger partial charge in [-0.3, -0.25) is 0 Å². The summed E-state index contributed by atoms with van der Waals surface area (Å²) in [6, 6.07) is 24.4. The zero-order valence-corrected chi connectivity index (χ0v) is 21.5. The molecule has 2 amide bonds. The molecule has 10 nitrogen and oxygen atoms in total. The molecule has 0 atom stereocenters. The lowest BCUT2D eigenvalue weighted by atomic mass is 10.3. The van der Waals surface area contributed by atoms with E-state index in [2.05, 4.69) is 10.6 Å². The van der Waals surface area contributed by atoms with Gasteiger partial charge in [0.1, 0.15) is 27.0 Å². The average molecular weight is 555 g/mol. The van der Waals surface area contributed by atoms with Crippen LogP contribution >= 0.6 is 0 Å². The largest absolute Gasteiger partial charge is 0.497 e. The Bertz CT molecular complexity index is 1610. The first-order chi connectivity index (χ1) is 18.1. The summed E-state index contributed by atoms with van der Waals surface area (Å²) in [6.07, 6.45) is 0. The number of rotatable bonds is 9. The first-order valence-electron chi connectivity index (χ1n) is 11.0. The minimum Gasteiger partial charge on any atom is -0.497 e. The first kappa shape index (κ1) is 26.5. The van der Waals surface area contributed by atoms with Gasteiger partial charge in [0.25, 0.3) is 0 Å². The van der Waals surface area contributed by atoms with Crippen LogP contribution in [0.15, 0.2) is 113 Å². The van der Waals surface area contributed by atoms with Crippen molar-refractivity contribution in [3.63, 3.8) is 0 Å². The van der Waals surface area contributed by atoms with Crippen LogP contribution in [-0.4, -0.2) is 30.0 Å². The zero-order valence-electron chi connectivity index (χ0n) is 19.9. The molecule has 0 spiro atoms. The van der Waals surface area contributed by atoms with E-state index in [4.69, 9.17) is 13.1 Å². The molecule has 0 fully saturated rings. The fourth-order valence-corrected chi connectivity index (χ4v) is 5.04. The van der Waals surface area contributed by atoms with Crippen molar-refractivity contribution in [2.75, 3.05) is 17.7 Å². The Balaban J connectivity index is 1.32. The van der Waals surface area contributed by atoms with Crippen molar-refractivity contribution in [1.82, 2.24) is 0 Å². The van der Waals surface area contributed by atoms with Gasteiger partial charge < -0.3 is 23.7 Å². The molecule has 12 heteroatoms. The quantitative estimate of drug-likeness (QED) is 0.280. The molecule has 4 aromatic rings. The lowest BCUT2D eigenvalue weighted by Crippen LogP contribution is -2.19. The number of amides is 2. The summed E-state index contributed by atoms with van der Waals surface area (Å²) in [5.41, 5.74) is 0.767. The van der Waals surface area contributed by atoms with Crippen LogP contribution in [0.1, 0.15) is 0 Å². The van der Waals surface area contributed by atoms with E-state index in [1.807, 2.05) is 0 Å². The van der Waals surface area contributed by atoms with Gasteiger partial charge in [0.15, 0.2) is 0 Å². The Kier molecular flexibility index (Phi) is 7.84. The van der Waals surface area contributed by atoms with E-state index in [1.54, 1.807) is 18.2 Å². The standard InChI is InChI=1S/C26H22N2O8S2/c1-34-21-15-17-25(18-16-21)38(32,33)36-23-13-9-20(10-14-23)28-26(29)27-19-7-11-22(12-8-19)35-37(30,31)24-5-3-2-4-6-24/h2-18H,1H3,(H2,27,28,29). The summed E-state index contributed by atoms with van der Waals surface area (Å²) in [5.74, 6) is 0.658. The number of hydrogen-bond acceptors (Lipinski definition) is 8. The number of nitrogens with one attached hydrogen (secondary N) is 2. The summed E-state index contributed by atoms with van der Waals surface area (Å²) in [6.45, 7) is 0. The van der Waals surface area contributed by atoms with Crippen molar-refractivity contribution >= 4 is 37.6 Å². The highest BCUT2D eigenvalue weighted by atomic mass is 32.2. The van der Waals surface area contributed by atoms with Gasteiger partial charge in [0.05, 0.1) is 7.11 Å². The molecule has 0 unspecified atom stereocenters. The summed E-state index contributed by atoms with van der Waals surface area (Å²) in [5, 5.41) is 5.21. The van der Waals surface area contributed by atoms with Crippen LogP contribution in [-0.2, 0) is 20.2 Å². The van der Waals surface area contributed by atoms with Gasteiger partial charge in [-0.05, 0) is 84.9 Å². The topological polar surface area (TPSA) is 137 Å². The Hall–Kier alpha value is -4.55. The number of ether oxygens (including phenoxy) is 1. The minimum atomic E-state index is -4.05. The van der Waals surface area contributed by atoms with Gasteiger partial charge in [-0.1, -0.05) is 18.2 Å². The Morgan fingerprint density at radius 1 is 0.553 bits per heavy atom. The summed E-state index contributed by atoms with van der Waals surface area (Å²) in [4.78, 5) is 12.3. The van der Waals surface area contributed by atoms with Crippen molar-refractivity contribution in [3.8, 4) is 17.2 Å². The Labute approximate surface area is 220 Å². The van der Waals surface area contributed by atoms with E-state index in [9.17, 15) is 21.6 Å². The third-order valence-corrected chi connectivity index (χ3v) is 7.54. The molecule has 4 rings (SSSR count). The Morgan fingerprint density at radius 2 is 0.947 bits per heavy atom. The molecule has 0 saturated heterocycles. The highest BCUT2D eigenvalue weighted by molar-refractivity contribution is 7.87. The molecule has 0 aliphatic rings. The number of urea groups is 1. The molecule has 0 aliphatic carbocycles. The molecular formula is C26H22N2O8S2. The first-order valence-corrected chi connectivity index (χ1v) is 13.8. The van der Waals surface area contributed by atoms with Crippen LogP contribution in [0.3, 0.4) is 0 Å². The van der Waals surface area contributed by atoms with Crippen molar-refractivity contribution in [1.29, 1.82) is 0 Å². The highest BCUT2D eigenvalue weighted by Crippen LogP contribution is 2.24. The van der Waals surface area contributed by atoms with Crippen LogP contribution in [0.2, 0.25) is 0 Å². The van der Waals surface area contributed by atoms with E-state index in [-0.39, 0.29) is 21.3 Å². The SMILES string of the molecule is COc1ccc(S(=O)(=O)Oc2ccc(NC(=O)Nc3ccc(OS(=O)(=O)c4ccccc4)cc3)cc2)cc1. The molecule has 2 N–H and O–H groups in total. The van der Waals surface area contributed by atoms with Crippen LogP contribution < -0.4 is 23.7 Å². The molecule has 0 aromatic heterocycles. The zero-order chi connectivity index (χ0) is 27.2. The highest BCUT2D eigenvalue weighted by Gasteiger charge is 2.17. The van der Waals surface area contributed by atoms with Crippen LogP contribution in [0, 0.1) is 0 Å². The molecule has 38 heavy (non-hydrogen) atoms. The van der Waals surface area contributed by atoms with Gasteiger partial charge in [-0.2, -0.15) is 16.8 Å². The van der Waals surface area contributed by atoms with E-state index in [1.165, 1.54) is 92.0 Å². The number of hydrogen-bond donors (Lipinski definition) is 2. The molecule has 0 aliphatic heterocycles. The third-order valence-electron chi connectivity index (χ3n) is 5.02. The van der Waals surface area contributed by atoms with E-state index < -0.39 is 26.3 Å². The second-order valence-corrected chi connectivity index (χ2v) is 10.8. The number of benzene rings is 4. The summed E-state index contributed by atoms with van der Waals surface area (Å²) in [7, 11) is -6.55. The number of anilines is 2. The fraction of sp³-hybridized carbons (Fsp3) is 0.0385. The number of carbonyl (C=O) groups is 1. The number of methoxy groups -OCH3 is 1. The van der Waals surface area contributed by atoms with E-state index >= 15 is 0 Å². The molecule has 4 aromatic carbocycles. The maximum Gasteiger partial charge on any atom is 0.339 e. The van der Waals surface area contributed by atoms with E-state index in [0.29, 0.717) is 17.1 Å². The maximum atomic E-state index is 12.5. The van der Waals surface area contributed by atoms with Crippen molar-refractivity contribution < 1.29 is 34.7 Å². The van der Waals surface area contributed by atoms with E-state index in [0.717, 1.165) is 0 Å². The van der Waals surface area contributed by atoms with Crippen LogP contribution in [0.25, 0.3) is 0 Å². The second kappa shape index (κ2) is 11.2. The fourth-order valence-electron chi connectivity index (χ4n) is 3.16. The van der Waals surface area contributed by atoms with Gasteiger partial charge in [0, 0.05) is 11.4 Å². The van der Waals surface area contributed by atoms with Gasteiger partial charge in [-0.15, -0.1) is 0 Å². The summed E-state index contributed by atoms with van der Waals surface area (Å²) >= 11 is 0. The predicted molar refractivity (Wildman–Crippen MR) is 141 cm³/mol.